The zero-order chi connectivity index (χ0) is 22.0. The fourth-order valence-corrected chi connectivity index (χ4v) is 5.33. The van der Waals surface area contributed by atoms with Gasteiger partial charge in [-0.15, -0.1) is 0 Å². The van der Waals surface area contributed by atoms with E-state index in [1.165, 1.54) is 0 Å². The van der Waals surface area contributed by atoms with Crippen molar-refractivity contribution in [2.45, 2.75) is 0 Å². The molecular formula is C26H12N4O3. The van der Waals surface area contributed by atoms with Gasteiger partial charge in [0.15, 0.2) is 0 Å². The lowest BCUT2D eigenvalue weighted by Gasteiger charge is -2.12. The monoisotopic (exact) mass is 428 g/mol. The Balaban J connectivity index is 1.71. The number of hydrogen-bond acceptors (Lipinski definition) is 5. The summed E-state index contributed by atoms with van der Waals surface area (Å²) in [5, 5.41) is 14.0. The highest BCUT2D eigenvalue weighted by Crippen LogP contribution is 2.36. The molecular weight excluding hydrogens is 416 g/mol. The van der Waals surface area contributed by atoms with Crippen LogP contribution < -0.4 is 11.1 Å². The van der Waals surface area contributed by atoms with Crippen LogP contribution in [-0.2, 0) is 0 Å². The normalized spacial score (nSPS) is 12.6. The Morgan fingerprint density at radius 3 is 1.82 bits per heavy atom. The van der Waals surface area contributed by atoms with Gasteiger partial charge in [0.1, 0.15) is 17.0 Å². The Kier molecular flexibility index (Phi) is 2.73. The average molecular weight is 428 g/mol. The van der Waals surface area contributed by atoms with Crippen LogP contribution in [-0.4, -0.2) is 23.9 Å². The number of aromatic hydroxyl groups is 1. The molecule has 0 unspecified atom stereocenters. The summed E-state index contributed by atoms with van der Waals surface area (Å²) >= 11 is 0. The molecule has 0 amide bonds. The van der Waals surface area contributed by atoms with Crippen LogP contribution in [0.4, 0.5) is 0 Å². The van der Waals surface area contributed by atoms with Gasteiger partial charge in [0.25, 0.3) is 11.1 Å². The molecule has 4 aromatic carbocycles. The van der Waals surface area contributed by atoms with Crippen molar-refractivity contribution in [2.24, 2.45) is 0 Å². The molecule has 4 aromatic heterocycles. The molecule has 0 spiro atoms. The Labute approximate surface area is 183 Å². The molecule has 0 aliphatic rings. The van der Waals surface area contributed by atoms with Gasteiger partial charge in [-0.3, -0.25) is 18.4 Å². The van der Waals surface area contributed by atoms with E-state index in [-0.39, 0.29) is 16.9 Å². The number of phenols is 1. The number of rotatable bonds is 0. The van der Waals surface area contributed by atoms with Crippen molar-refractivity contribution in [2.75, 3.05) is 0 Å². The second-order valence-corrected chi connectivity index (χ2v) is 8.39. The molecule has 1 N–H and O–H groups in total. The molecule has 0 fully saturated rings. The first-order valence-electron chi connectivity index (χ1n) is 10.5. The molecule has 0 aliphatic heterocycles. The highest BCUT2D eigenvalue weighted by atomic mass is 16.3. The summed E-state index contributed by atoms with van der Waals surface area (Å²) in [6.07, 6.45) is 0. The fraction of sp³-hybridized carbons (Fsp3) is 0. The topological polar surface area (TPSA) is 89.0 Å². The highest BCUT2D eigenvalue weighted by Gasteiger charge is 2.22. The van der Waals surface area contributed by atoms with Gasteiger partial charge < -0.3 is 5.11 Å². The number of aromatic nitrogens is 4. The summed E-state index contributed by atoms with van der Waals surface area (Å²) < 4.78 is 3.23. The third-order valence-corrected chi connectivity index (χ3v) is 6.71. The SMILES string of the molecule is O=c1c2ccc3c4c(ccc(c24)c2nc4ccccc4n12)c(=O)n1c2ccc(O)cc2nc31. The van der Waals surface area contributed by atoms with Crippen molar-refractivity contribution in [3.63, 3.8) is 0 Å². The Morgan fingerprint density at radius 1 is 0.606 bits per heavy atom. The number of para-hydroxylation sites is 2. The zero-order valence-electron chi connectivity index (χ0n) is 16.9. The molecule has 7 heteroatoms. The van der Waals surface area contributed by atoms with Crippen molar-refractivity contribution < 1.29 is 5.11 Å². The van der Waals surface area contributed by atoms with E-state index in [1.54, 1.807) is 27.0 Å². The van der Waals surface area contributed by atoms with Gasteiger partial charge in [-0.25, -0.2) is 9.97 Å². The molecule has 4 heterocycles. The lowest BCUT2D eigenvalue weighted by Crippen LogP contribution is -2.16. The van der Waals surface area contributed by atoms with Crippen molar-refractivity contribution in [1.29, 1.82) is 0 Å². The second kappa shape index (κ2) is 5.34. The van der Waals surface area contributed by atoms with Crippen LogP contribution in [0.2, 0.25) is 0 Å². The van der Waals surface area contributed by atoms with Gasteiger partial charge >= 0.3 is 0 Å². The highest BCUT2D eigenvalue weighted by molar-refractivity contribution is 6.27. The van der Waals surface area contributed by atoms with Crippen LogP contribution in [0.5, 0.6) is 5.75 Å². The number of fused-ring (bicyclic) bond motifs is 8. The molecule has 0 radical (unpaired) electrons. The summed E-state index contributed by atoms with van der Waals surface area (Å²) in [7, 11) is 0. The molecule has 154 valence electrons. The predicted octanol–water partition coefficient (Wildman–Crippen LogP) is 4.05. The number of hydrogen-bond donors (Lipinski definition) is 1. The Hall–Kier alpha value is -4.78. The van der Waals surface area contributed by atoms with E-state index in [0.29, 0.717) is 38.5 Å². The molecule has 0 saturated carbocycles. The molecule has 0 atom stereocenters. The van der Waals surface area contributed by atoms with Crippen molar-refractivity contribution in [3.05, 3.63) is 87.4 Å². The second-order valence-electron chi connectivity index (χ2n) is 8.39. The molecule has 0 saturated heterocycles. The summed E-state index contributed by atoms with van der Waals surface area (Å²) in [5.41, 5.74) is 3.38. The number of phenolic OH excluding ortho intramolecular Hbond substituents is 1. The van der Waals surface area contributed by atoms with Crippen LogP contribution in [0.1, 0.15) is 0 Å². The third kappa shape index (κ3) is 1.83. The van der Waals surface area contributed by atoms with Crippen LogP contribution >= 0.6 is 0 Å². The lowest BCUT2D eigenvalue weighted by molar-refractivity contribution is 0.476. The summed E-state index contributed by atoms with van der Waals surface area (Å²) in [6.45, 7) is 0. The maximum Gasteiger partial charge on any atom is 0.264 e. The first-order valence-corrected chi connectivity index (χ1v) is 10.5. The van der Waals surface area contributed by atoms with Gasteiger partial charge in [-0.2, -0.15) is 0 Å². The third-order valence-electron chi connectivity index (χ3n) is 6.71. The quantitative estimate of drug-likeness (QED) is 0.368. The predicted molar refractivity (Wildman–Crippen MR) is 128 cm³/mol. The minimum atomic E-state index is -0.207. The maximum absolute atomic E-state index is 13.6. The Bertz CT molecular complexity index is 2240. The first kappa shape index (κ1) is 16.9. The van der Waals surface area contributed by atoms with Gasteiger partial charge in [-0.1, -0.05) is 12.1 Å². The van der Waals surface area contributed by atoms with E-state index in [4.69, 9.17) is 4.98 Å². The van der Waals surface area contributed by atoms with Crippen molar-refractivity contribution in [1.82, 2.24) is 18.8 Å². The standard InChI is InChI=1S/C26H12N4O3/c31-12-5-10-20-18(11-12)28-24-14-7-9-15-21-13(6-8-16(22(14)21)26(33)30(20)24)23-27-17-3-1-2-4-19(17)29(23)25(15)32/h1-11,31H. The molecule has 8 rings (SSSR count). The summed E-state index contributed by atoms with van der Waals surface area (Å²) in [6, 6.07) is 19.7. The molecule has 8 aromatic rings. The molecule has 0 bridgehead atoms. The molecule has 0 aliphatic carbocycles. The fourth-order valence-electron chi connectivity index (χ4n) is 5.33. The zero-order valence-corrected chi connectivity index (χ0v) is 16.9. The number of nitrogens with zero attached hydrogens (tertiary/aromatic N) is 4. The van der Waals surface area contributed by atoms with Crippen molar-refractivity contribution in [3.8, 4) is 5.75 Å². The summed E-state index contributed by atoms with van der Waals surface area (Å²) in [4.78, 5) is 36.6. The van der Waals surface area contributed by atoms with Crippen LogP contribution in [0, 0.1) is 0 Å². The van der Waals surface area contributed by atoms with Gasteiger partial charge in [0.2, 0.25) is 0 Å². The van der Waals surface area contributed by atoms with E-state index in [0.717, 1.165) is 27.2 Å². The van der Waals surface area contributed by atoms with E-state index < -0.39 is 0 Å². The first-order chi connectivity index (χ1) is 16.1. The largest absolute Gasteiger partial charge is 0.508 e. The van der Waals surface area contributed by atoms with Gasteiger partial charge in [-0.05, 0) is 48.5 Å². The molecule has 7 nitrogen and oxygen atoms in total. The van der Waals surface area contributed by atoms with Crippen LogP contribution in [0.15, 0.2) is 76.3 Å². The van der Waals surface area contributed by atoms with E-state index in [9.17, 15) is 14.7 Å². The smallest absolute Gasteiger partial charge is 0.264 e. The van der Waals surface area contributed by atoms with E-state index in [2.05, 4.69) is 4.98 Å². The van der Waals surface area contributed by atoms with E-state index in [1.807, 2.05) is 48.5 Å². The van der Waals surface area contributed by atoms with E-state index >= 15 is 0 Å². The average Bonchev–Trinajstić information content (AvgIpc) is 3.40. The minimum absolute atomic E-state index is 0.0876. The Morgan fingerprint density at radius 2 is 1.15 bits per heavy atom. The lowest BCUT2D eigenvalue weighted by atomic mass is 9.96. The maximum atomic E-state index is 13.6. The van der Waals surface area contributed by atoms with Gasteiger partial charge in [0, 0.05) is 38.4 Å². The number of imidazole rings is 2. The van der Waals surface area contributed by atoms with Gasteiger partial charge in [0.05, 0.1) is 22.1 Å². The van der Waals surface area contributed by atoms with Crippen LogP contribution in [0.3, 0.4) is 0 Å². The number of pyridine rings is 2. The van der Waals surface area contributed by atoms with Crippen molar-refractivity contribution >= 4 is 65.7 Å². The van der Waals surface area contributed by atoms with Crippen LogP contribution in [0.25, 0.3) is 65.7 Å². The summed E-state index contributed by atoms with van der Waals surface area (Å²) in [5.74, 6) is 0.0876. The minimum Gasteiger partial charge on any atom is -0.508 e. The molecule has 33 heavy (non-hydrogen) atoms. The number of benzene rings is 4.